The topological polar surface area (TPSA) is 152 Å². The number of hydrogen-bond acceptors (Lipinski definition) is 6. The van der Waals surface area contributed by atoms with E-state index in [1.54, 1.807) is 9.58 Å². The van der Waals surface area contributed by atoms with Crippen LogP contribution in [0.15, 0.2) is 24.4 Å². The number of aliphatic carboxylic acids is 2. The number of halogens is 3. The number of carbonyl (C=O) groups is 3. The maximum absolute atomic E-state index is 13.2. The van der Waals surface area contributed by atoms with Crippen LogP contribution in [0.25, 0.3) is 5.69 Å². The third-order valence-electron chi connectivity index (χ3n) is 6.69. The maximum Gasteiger partial charge on any atom is 0.490 e. The Morgan fingerprint density at radius 3 is 2.31 bits per heavy atom. The van der Waals surface area contributed by atoms with Crippen molar-refractivity contribution in [2.24, 2.45) is 17.3 Å². The summed E-state index contributed by atoms with van der Waals surface area (Å²) in [6.45, 7) is 6.70. The van der Waals surface area contributed by atoms with Gasteiger partial charge in [0.2, 0.25) is 5.91 Å². The maximum atomic E-state index is 13.2. The van der Waals surface area contributed by atoms with Crippen molar-refractivity contribution in [3.63, 3.8) is 0 Å². The third-order valence-corrected chi connectivity index (χ3v) is 6.69. The number of anilines is 1. The monoisotopic (exact) mass is 511 g/mol. The van der Waals surface area contributed by atoms with Crippen LogP contribution in [0.4, 0.5) is 18.9 Å². The summed E-state index contributed by atoms with van der Waals surface area (Å²) in [5, 5.41) is 25.2. The second-order valence-electron chi connectivity index (χ2n) is 9.72. The van der Waals surface area contributed by atoms with E-state index in [9.17, 15) is 27.9 Å². The molecule has 0 bridgehead atoms. The molecule has 1 aromatic carbocycles. The van der Waals surface area contributed by atoms with E-state index in [1.807, 2.05) is 31.3 Å². The Kier molecular flexibility index (Phi) is 7.32. The van der Waals surface area contributed by atoms with Gasteiger partial charge in [0.25, 0.3) is 0 Å². The van der Waals surface area contributed by atoms with Gasteiger partial charge in [-0.05, 0) is 37.5 Å². The Morgan fingerprint density at radius 2 is 1.75 bits per heavy atom. The van der Waals surface area contributed by atoms with E-state index in [0.29, 0.717) is 30.8 Å². The van der Waals surface area contributed by atoms with E-state index in [1.165, 1.54) is 0 Å². The number of aromatic nitrogens is 3. The predicted molar refractivity (Wildman–Crippen MR) is 121 cm³/mol. The lowest BCUT2D eigenvalue weighted by molar-refractivity contribution is -0.192. The van der Waals surface area contributed by atoms with Crippen molar-refractivity contribution < 1.29 is 37.8 Å². The second kappa shape index (κ2) is 9.78. The average Bonchev–Trinajstić information content (AvgIpc) is 3.43. The Bertz CT molecular complexity index is 1160. The highest BCUT2D eigenvalue weighted by molar-refractivity contribution is 5.86. The molecular weight excluding hydrogens is 483 g/mol. The van der Waals surface area contributed by atoms with Gasteiger partial charge in [0.15, 0.2) is 0 Å². The summed E-state index contributed by atoms with van der Waals surface area (Å²) in [5.41, 5.74) is 9.01. The first-order chi connectivity index (χ1) is 16.6. The quantitative estimate of drug-likeness (QED) is 0.530. The summed E-state index contributed by atoms with van der Waals surface area (Å²) in [6.07, 6.45) is -1.26. The van der Waals surface area contributed by atoms with E-state index in [0.717, 1.165) is 17.7 Å². The number of likely N-dealkylation sites (tertiary alicyclic amines) is 1. The minimum absolute atomic E-state index is 0.0751. The normalized spacial score (nSPS) is 22.8. The Labute approximate surface area is 204 Å². The van der Waals surface area contributed by atoms with Crippen molar-refractivity contribution in [1.82, 2.24) is 19.9 Å². The molecule has 36 heavy (non-hydrogen) atoms. The number of amides is 1. The van der Waals surface area contributed by atoms with Gasteiger partial charge in [0.05, 0.1) is 29.8 Å². The first-order valence-electron chi connectivity index (χ1n) is 11.3. The third kappa shape index (κ3) is 5.29. The number of benzene rings is 1. The SMILES string of the molecule is Cc1c(N)cccc1-n1cc(C2N(C(=O)[C@@H]3CCC[C@H]3C(=O)O)CC2(C)C)nn1.O=C(O)C(F)(F)F. The fraction of sp³-hybridized carbons (Fsp3) is 0.522. The molecule has 4 rings (SSSR count). The Balaban J connectivity index is 0.000000454. The van der Waals surface area contributed by atoms with Crippen molar-refractivity contribution in [3.8, 4) is 5.69 Å². The van der Waals surface area contributed by atoms with E-state index < -0.39 is 30.0 Å². The fourth-order valence-corrected chi connectivity index (χ4v) is 4.86. The van der Waals surface area contributed by atoms with E-state index >= 15 is 0 Å². The number of carbonyl (C=O) groups excluding carboxylic acids is 1. The van der Waals surface area contributed by atoms with Crippen LogP contribution in [-0.4, -0.2) is 60.7 Å². The first-order valence-corrected chi connectivity index (χ1v) is 11.3. The van der Waals surface area contributed by atoms with Crippen LogP contribution < -0.4 is 5.73 Å². The molecule has 1 saturated heterocycles. The zero-order valence-electron chi connectivity index (χ0n) is 20.0. The fourth-order valence-electron chi connectivity index (χ4n) is 4.86. The minimum Gasteiger partial charge on any atom is -0.481 e. The van der Waals surface area contributed by atoms with Gasteiger partial charge in [0.1, 0.15) is 5.69 Å². The number of carboxylic acid groups (broad SMARTS) is 2. The molecule has 13 heteroatoms. The molecule has 2 aromatic rings. The molecule has 1 saturated carbocycles. The molecule has 1 aliphatic carbocycles. The number of rotatable bonds is 4. The standard InChI is InChI=1S/C21H27N5O3.C2HF3O2/c1-12-15(22)8-5-9-17(12)26-10-16(23-24-26)18-21(2,3)11-25(18)19(27)13-6-4-7-14(13)20(28)29;3-2(4,5)1(6)7/h5,8-10,13-14,18H,4,6-7,11,22H2,1-3H3,(H,28,29);(H,6,7)/t13-,14-,18?;/m1./s1. The summed E-state index contributed by atoms with van der Waals surface area (Å²) in [4.78, 5) is 35.4. The number of hydrogen-bond donors (Lipinski definition) is 3. The average molecular weight is 512 g/mol. The Morgan fingerprint density at radius 1 is 1.14 bits per heavy atom. The number of nitrogens with two attached hydrogens (primary N) is 1. The van der Waals surface area contributed by atoms with Crippen LogP contribution in [0.2, 0.25) is 0 Å². The summed E-state index contributed by atoms with van der Waals surface area (Å²) in [7, 11) is 0. The van der Waals surface area contributed by atoms with Gasteiger partial charge in [0, 0.05) is 17.6 Å². The van der Waals surface area contributed by atoms with Crippen LogP contribution in [0, 0.1) is 24.2 Å². The van der Waals surface area contributed by atoms with Crippen LogP contribution in [-0.2, 0) is 14.4 Å². The zero-order valence-corrected chi connectivity index (χ0v) is 20.0. The van der Waals surface area contributed by atoms with Gasteiger partial charge >= 0.3 is 18.1 Å². The van der Waals surface area contributed by atoms with Crippen molar-refractivity contribution in [2.75, 3.05) is 12.3 Å². The van der Waals surface area contributed by atoms with Crippen molar-refractivity contribution >= 4 is 23.5 Å². The summed E-state index contributed by atoms with van der Waals surface area (Å²) >= 11 is 0. The molecule has 0 spiro atoms. The largest absolute Gasteiger partial charge is 0.490 e. The molecule has 1 amide bonds. The van der Waals surface area contributed by atoms with Crippen molar-refractivity contribution in [2.45, 2.75) is 52.3 Å². The van der Waals surface area contributed by atoms with Crippen LogP contribution in [0.5, 0.6) is 0 Å². The zero-order chi connectivity index (χ0) is 27.0. The lowest BCUT2D eigenvalue weighted by Gasteiger charge is -2.54. The van der Waals surface area contributed by atoms with Crippen LogP contribution in [0.3, 0.4) is 0 Å². The highest BCUT2D eigenvalue weighted by atomic mass is 19.4. The predicted octanol–water partition coefficient (Wildman–Crippen LogP) is 3.20. The number of alkyl halides is 3. The van der Waals surface area contributed by atoms with Crippen LogP contribution in [0.1, 0.15) is 50.4 Å². The van der Waals surface area contributed by atoms with Gasteiger partial charge in [-0.3, -0.25) is 9.59 Å². The molecule has 0 radical (unpaired) electrons. The summed E-state index contributed by atoms with van der Waals surface area (Å²) in [6, 6.07) is 5.41. The molecule has 196 valence electrons. The smallest absolute Gasteiger partial charge is 0.481 e. The van der Waals surface area contributed by atoms with E-state index in [4.69, 9.17) is 15.6 Å². The van der Waals surface area contributed by atoms with E-state index in [-0.39, 0.29) is 17.4 Å². The summed E-state index contributed by atoms with van der Waals surface area (Å²) < 4.78 is 33.4. The molecule has 2 fully saturated rings. The number of nitrogen functional groups attached to an aromatic ring is 1. The number of carboxylic acids is 2. The first kappa shape index (κ1) is 27.0. The molecule has 3 atom stereocenters. The highest BCUT2D eigenvalue weighted by Crippen LogP contribution is 2.49. The highest BCUT2D eigenvalue weighted by Gasteiger charge is 2.53. The molecule has 2 aliphatic rings. The van der Waals surface area contributed by atoms with Crippen molar-refractivity contribution in [1.29, 1.82) is 0 Å². The molecule has 1 aliphatic heterocycles. The molecule has 10 nitrogen and oxygen atoms in total. The van der Waals surface area contributed by atoms with Gasteiger partial charge in [-0.1, -0.05) is 31.5 Å². The molecule has 4 N–H and O–H groups in total. The minimum atomic E-state index is -5.08. The lowest BCUT2D eigenvalue weighted by atomic mass is 9.72. The second-order valence-corrected chi connectivity index (χ2v) is 9.72. The van der Waals surface area contributed by atoms with Crippen molar-refractivity contribution in [3.05, 3.63) is 35.7 Å². The molecule has 2 heterocycles. The van der Waals surface area contributed by atoms with Gasteiger partial charge in [-0.2, -0.15) is 13.2 Å². The Hall–Kier alpha value is -3.64. The molecule has 1 aromatic heterocycles. The van der Waals surface area contributed by atoms with Crippen LogP contribution >= 0.6 is 0 Å². The van der Waals surface area contributed by atoms with E-state index in [2.05, 4.69) is 24.2 Å². The molecular formula is C23H28F3N5O5. The molecule has 1 unspecified atom stereocenters. The lowest BCUT2D eigenvalue weighted by Crippen LogP contribution is -2.59. The van der Waals surface area contributed by atoms with Gasteiger partial charge in [-0.25, -0.2) is 9.48 Å². The van der Waals surface area contributed by atoms with Gasteiger partial charge in [-0.15, -0.1) is 5.10 Å². The van der Waals surface area contributed by atoms with Gasteiger partial charge < -0.3 is 20.8 Å². The summed E-state index contributed by atoms with van der Waals surface area (Å²) in [5.74, 6) is -4.74. The number of nitrogens with zero attached hydrogens (tertiary/aromatic N) is 4.